The summed E-state index contributed by atoms with van der Waals surface area (Å²) in [6, 6.07) is 9.63. The lowest BCUT2D eigenvalue weighted by Crippen LogP contribution is -2.53. The average Bonchev–Trinajstić information content (AvgIpc) is 2.48. The molecule has 1 aliphatic heterocycles. The third-order valence-corrected chi connectivity index (χ3v) is 4.28. The van der Waals surface area contributed by atoms with Gasteiger partial charge >= 0.3 is 0 Å². The van der Waals surface area contributed by atoms with Crippen LogP contribution >= 0.6 is 0 Å². The summed E-state index contributed by atoms with van der Waals surface area (Å²) in [5, 5.41) is 0. The molecule has 1 aliphatic rings. The molecule has 1 aromatic carbocycles. The molecule has 110 valence electrons. The second-order valence-corrected chi connectivity index (χ2v) is 5.57. The van der Waals surface area contributed by atoms with Gasteiger partial charge in [0.05, 0.1) is 24.7 Å². The first-order valence-corrected chi connectivity index (χ1v) is 7.25. The number of carbonyl (C=O) groups excluding carboxylic acids is 1. The molecule has 0 aliphatic carbocycles. The maximum Gasteiger partial charge on any atom is 0.227 e. The van der Waals surface area contributed by atoms with Crippen molar-refractivity contribution in [3.05, 3.63) is 35.9 Å². The fourth-order valence-corrected chi connectivity index (χ4v) is 2.62. The molecule has 20 heavy (non-hydrogen) atoms. The molecule has 1 heterocycles. The topological polar surface area (TPSA) is 55.6 Å². The highest BCUT2D eigenvalue weighted by molar-refractivity contribution is 5.80. The van der Waals surface area contributed by atoms with Gasteiger partial charge in [0.1, 0.15) is 0 Å². The van der Waals surface area contributed by atoms with Crippen LogP contribution in [0.15, 0.2) is 30.3 Å². The van der Waals surface area contributed by atoms with Crippen molar-refractivity contribution in [1.82, 2.24) is 4.90 Å². The van der Waals surface area contributed by atoms with Gasteiger partial charge < -0.3 is 15.4 Å². The van der Waals surface area contributed by atoms with Crippen molar-refractivity contribution < 1.29 is 9.53 Å². The second-order valence-electron chi connectivity index (χ2n) is 5.57. The number of ether oxygens (including phenoxy) is 1. The van der Waals surface area contributed by atoms with Crippen molar-refractivity contribution in [1.29, 1.82) is 0 Å². The van der Waals surface area contributed by atoms with E-state index in [2.05, 4.69) is 0 Å². The maximum absolute atomic E-state index is 12.7. The molecule has 0 spiro atoms. The average molecular weight is 276 g/mol. The predicted octanol–water partition coefficient (Wildman–Crippen LogP) is 1.96. The minimum Gasteiger partial charge on any atom is -0.375 e. The molecule has 2 N–H and O–H groups in total. The van der Waals surface area contributed by atoms with Crippen LogP contribution in [0.2, 0.25) is 0 Å². The number of benzene rings is 1. The molecule has 1 aromatic rings. The van der Waals surface area contributed by atoms with Crippen molar-refractivity contribution in [2.24, 2.45) is 11.7 Å². The Bertz CT molecular complexity index is 449. The van der Waals surface area contributed by atoms with E-state index >= 15 is 0 Å². The number of rotatable bonds is 3. The van der Waals surface area contributed by atoms with E-state index in [4.69, 9.17) is 10.5 Å². The minimum absolute atomic E-state index is 0.0767. The van der Waals surface area contributed by atoms with Crippen LogP contribution in [0.4, 0.5) is 0 Å². The third kappa shape index (κ3) is 3.02. The van der Waals surface area contributed by atoms with Crippen molar-refractivity contribution >= 4 is 5.91 Å². The summed E-state index contributed by atoms with van der Waals surface area (Å²) in [6.45, 7) is 7.20. The molecule has 4 heteroatoms. The molecule has 1 fully saturated rings. The van der Waals surface area contributed by atoms with Crippen LogP contribution in [-0.4, -0.2) is 36.1 Å². The van der Waals surface area contributed by atoms with Gasteiger partial charge in [-0.25, -0.2) is 0 Å². The fraction of sp³-hybridized carbons (Fsp3) is 0.562. The van der Waals surface area contributed by atoms with Crippen LogP contribution in [0.1, 0.15) is 32.4 Å². The van der Waals surface area contributed by atoms with E-state index in [1.165, 1.54) is 0 Å². The van der Waals surface area contributed by atoms with Gasteiger partial charge in [0.2, 0.25) is 5.91 Å². The molecule has 0 bridgehead atoms. The van der Waals surface area contributed by atoms with E-state index in [-0.39, 0.29) is 30.0 Å². The molecule has 0 unspecified atom stereocenters. The molecule has 2 rings (SSSR count). The van der Waals surface area contributed by atoms with E-state index in [1.807, 2.05) is 56.0 Å². The van der Waals surface area contributed by atoms with Gasteiger partial charge in [0.15, 0.2) is 0 Å². The van der Waals surface area contributed by atoms with Crippen LogP contribution in [0.3, 0.4) is 0 Å². The zero-order chi connectivity index (χ0) is 14.7. The summed E-state index contributed by atoms with van der Waals surface area (Å²) < 4.78 is 5.57. The van der Waals surface area contributed by atoms with E-state index in [1.54, 1.807) is 0 Å². The van der Waals surface area contributed by atoms with Gasteiger partial charge in [-0.3, -0.25) is 4.79 Å². The van der Waals surface area contributed by atoms with Crippen LogP contribution in [0, 0.1) is 5.92 Å². The van der Waals surface area contributed by atoms with Gasteiger partial charge in [-0.05, 0) is 19.4 Å². The van der Waals surface area contributed by atoms with Gasteiger partial charge in [-0.15, -0.1) is 0 Å². The van der Waals surface area contributed by atoms with Crippen molar-refractivity contribution in [2.45, 2.75) is 39.0 Å². The highest BCUT2D eigenvalue weighted by Crippen LogP contribution is 2.24. The van der Waals surface area contributed by atoms with Crippen molar-refractivity contribution in [3.63, 3.8) is 0 Å². The fourth-order valence-electron chi connectivity index (χ4n) is 2.62. The van der Waals surface area contributed by atoms with Gasteiger partial charge in [0.25, 0.3) is 0 Å². The van der Waals surface area contributed by atoms with Crippen LogP contribution in [-0.2, 0) is 9.53 Å². The Morgan fingerprint density at radius 1 is 1.35 bits per heavy atom. The van der Waals surface area contributed by atoms with Gasteiger partial charge in [-0.2, -0.15) is 0 Å². The molecular formula is C16H24N2O2. The normalized spacial score (nSPS) is 26.1. The number of carbonyl (C=O) groups is 1. The Morgan fingerprint density at radius 3 is 2.65 bits per heavy atom. The number of amides is 1. The number of morpholine rings is 1. The molecule has 0 aromatic heterocycles. The molecule has 1 amide bonds. The Balaban J connectivity index is 2.08. The Labute approximate surface area is 120 Å². The van der Waals surface area contributed by atoms with E-state index in [0.717, 1.165) is 5.56 Å². The third-order valence-electron chi connectivity index (χ3n) is 4.28. The maximum atomic E-state index is 12.7. The summed E-state index contributed by atoms with van der Waals surface area (Å²) in [5.41, 5.74) is 7.25. The van der Waals surface area contributed by atoms with Crippen LogP contribution in [0.25, 0.3) is 0 Å². The Morgan fingerprint density at radius 2 is 2.00 bits per heavy atom. The standard InChI is InChI=1S/C16H24N2O2/c1-11(15(17)14-7-5-4-6-8-14)16(19)18-9-10-20-13(3)12(18)2/h4-8,11-13,15H,9-10,17H2,1-3H3/t11-,12-,13+,15+/m1/s1. The zero-order valence-corrected chi connectivity index (χ0v) is 12.5. The molecule has 0 saturated carbocycles. The molecule has 0 radical (unpaired) electrons. The summed E-state index contributed by atoms with van der Waals surface area (Å²) in [6.07, 6.45) is 0.0767. The first-order valence-electron chi connectivity index (χ1n) is 7.25. The minimum atomic E-state index is -0.269. The zero-order valence-electron chi connectivity index (χ0n) is 12.5. The summed E-state index contributed by atoms with van der Waals surface area (Å²) in [5.74, 6) is -0.117. The predicted molar refractivity (Wildman–Crippen MR) is 79.1 cm³/mol. The lowest BCUT2D eigenvalue weighted by atomic mass is 9.93. The largest absolute Gasteiger partial charge is 0.375 e. The van der Waals surface area contributed by atoms with E-state index in [0.29, 0.717) is 13.2 Å². The van der Waals surface area contributed by atoms with E-state index in [9.17, 15) is 4.79 Å². The molecule has 1 saturated heterocycles. The smallest absolute Gasteiger partial charge is 0.227 e. The van der Waals surface area contributed by atoms with Crippen LogP contribution < -0.4 is 5.73 Å². The first-order chi connectivity index (χ1) is 9.52. The lowest BCUT2D eigenvalue weighted by molar-refractivity contribution is -0.148. The quantitative estimate of drug-likeness (QED) is 0.918. The molecule has 4 atom stereocenters. The highest BCUT2D eigenvalue weighted by Gasteiger charge is 2.33. The van der Waals surface area contributed by atoms with Gasteiger partial charge in [0, 0.05) is 12.6 Å². The first kappa shape index (κ1) is 15.0. The highest BCUT2D eigenvalue weighted by atomic mass is 16.5. The summed E-state index contributed by atoms with van der Waals surface area (Å²) in [4.78, 5) is 14.6. The Kier molecular flexibility index (Phi) is 4.78. The van der Waals surface area contributed by atoms with Crippen molar-refractivity contribution in [2.75, 3.05) is 13.2 Å². The second kappa shape index (κ2) is 6.37. The molecule has 4 nitrogen and oxygen atoms in total. The summed E-state index contributed by atoms with van der Waals surface area (Å²) in [7, 11) is 0. The number of hydrogen-bond acceptors (Lipinski definition) is 3. The van der Waals surface area contributed by atoms with Crippen molar-refractivity contribution in [3.8, 4) is 0 Å². The van der Waals surface area contributed by atoms with Crippen LogP contribution in [0.5, 0.6) is 0 Å². The lowest BCUT2D eigenvalue weighted by Gasteiger charge is -2.40. The number of nitrogens with two attached hydrogens (primary N) is 1. The summed E-state index contributed by atoms with van der Waals surface area (Å²) >= 11 is 0. The molecular weight excluding hydrogens is 252 g/mol. The SMILES string of the molecule is C[C@@H]1OCCN(C(=O)[C@H](C)[C@H](N)c2ccccc2)[C@@H]1C. The van der Waals surface area contributed by atoms with E-state index < -0.39 is 0 Å². The number of hydrogen-bond donors (Lipinski definition) is 1. The number of nitrogens with zero attached hydrogens (tertiary/aromatic N) is 1. The van der Waals surface area contributed by atoms with Gasteiger partial charge in [-0.1, -0.05) is 37.3 Å². The Hall–Kier alpha value is -1.39. The monoisotopic (exact) mass is 276 g/mol.